The summed E-state index contributed by atoms with van der Waals surface area (Å²) in [6.07, 6.45) is 13.7. The van der Waals surface area contributed by atoms with Gasteiger partial charge in [-0.15, -0.1) is 0 Å². The molecule has 3 heteroatoms. The summed E-state index contributed by atoms with van der Waals surface area (Å²) < 4.78 is 13.3. The molecule has 0 aromatic heterocycles. The largest absolute Gasteiger partial charge is 0.462 e. The van der Waals surface area contributed by atoms with Crippen molar-refractivity contribution in [2.75, 3.05) is 6.61 Å². The second kappa shape index (κ2) is 8.17. The van der Waals surface area contributed by atoms with Crippen molar-refractivity contribution in [3.8, 4) is 0 Å². The summed E-state index contributed by atoms with van der Waals surface area (Å²) in [5, 5.41) is 0. The minimum atomic E-state index is 0.0158. The molecule has 41 heavy (non-hydrogen) atoms. The van der Waals surface area contributed by atoms with E-state index in [-0.39, 0.29) is 34.2 Å². The fourth-order valence-corrected chi connectivity index (χ4v) is 14.2. The highest BCUT2D eigenvalue weighted by Gasteiger charge is 2.73. The summed E-state index contributed by atoms with van der Waals surface area (Å²) in [6.45, 7) is 28.0. The predicted molar refractivity (Wildman–Crippen MR) is 165 cm³/mol. The van der Waals surface area contributed by atoms with Crippen LogP contribution in [0.15, 0.2) is 0 Å². The van der Waals surface area contributed by atoms with Crippen molar-refractivity contribution in [1.29, 1.82) is 0 Å². The number of rotatable bonds is 2. The molecule has 232 valence electrons. The van der Waals surface area contributed by atoms with Gasteiger partial charge < -0.3 is 9.47 Å². The van der Waals surface area contributed by atoms with Gasteiger partial charge in [0.05, 0.1) is 18.6 Å². The van der Waals surface area contributed by atoms with E-state index in [0.29, 0.717) is 39.1 Å². The van der Waals surface area contributed by atoms with Crippen molar-refractivity contribution in [3.05, 3.63) is 0 Å². The quantitative estimate of drug-likeness (QED) is 0.312. The molecule has 0 N–H and O–H groups in total. The van der Waals surface area contributed by atoms with Gasteiger partial charge in [-0.1, -0.05) is 76.2 Å². The van der Waals surface area contributed by atoms with Gasteiger partial charge in [0, 0.05) is 5.41 Å². The van der Waals surface area contributed by atoms with Gasteiger partial charge in [-0.2, -0.15) is 0 Å². The molecule has 0 spiro atoms. The Morgan fingerprint density at radius 3 is 2.00 bits per heavy atom. The van der Waals surface area contributed by atoms with E-state index in [1.807, 2.05) is 0 Å². The normalized spacial score (nSPS) is 53.7. The van der Waals surface area contributed by atoms with Gasteiger partial charge in [-0.25, -0.2) is 0 Å². The lowest BCUT2D eigenvalue weighted by molar-refractivity contribution is -0.254. The summed E-state index contributed by atoms with van der Waals surface area (Å²) in [6, 6.07) is 0. The monoisotopic (exact) mass is 566 g/mol. The number of fused-ring (bicyclic) bond motifs is 5. The first-order valence-corrected chi connectivity index (χ1v) is 17.6. The summed E-state index contributed by atoms with van der Waals surface area (Å²) in [5.41, 5.74) is 1.96. The number of carbonyl (C=O) groups is 1. The van der Waals surface area contributed by atoms with Gasteiger partial charge in [0.1, 0.15) is 6.10 Å². The second-order valence-corrected chi connectivity index (χ2v) is 19.9. The maximum absolute atomic E-state index is 13.5. The summed E-state index contributed by atoms with van der Waals surface area (Å²) >= 11 is 0. The minimum absolute atomic E-state index is 0.0158. The fraction of sp³-hybridized carbons (Fsp3) is 0.974. The van der Waals surface area contributed by atoms with Crippen molar-refractivity contribution in [2.24, 2.45) is 72.9 Å². The molecule has 2 bridgehead atoms. The molecule has 10 atom stereocenters. The Morgan fingerprint density at radius 1 is 0.683 bits per heavy atom. The Kier molecular flexibility index (Phi) is 5.81. The van der Waals surface area contributed by atoms with E-state index >= 15 is 0 Å². The zero-order valence-electron chi connectivity index (χ0n) is 28.5. The molecule has 1 heterocycles. The number of esters is 1. The third-order valence-corrected chi connectivity index (χ3v) is 17.6. The van der Waals surface area contributed by atoms with E-state index in [0.717, 1.165) is 30.8 Å². The van der Waals surface area contributed by atoms with E-state index in [1.54, 1.807) is 0 Å². The van der Waals surface area contributed by atoms with Crippen molar-refractivity contribution in [3.63, 3.8) is 0 Å². The highest BCUT2D eigenvalue weighted by atomic mass is 16.5. The second-order valence-electron chi connectivity index (χ2n) is 19.9. The van der Waals surface area contributed by atoms with E-state index in [1.165, 1.54) is 57.8 Å². The third-order valence-electron chi connectivity index (χ3n) is 17.6. The molecule has 0 amide bonds. The average Bonchev–Trinajstić information content (AvgIpc) is 3.12. The summed E-state index contributed by atoms with van der Waals surface area (Å²) in [5.74, 6) is 3.04. The lowest BCUT2D eigenvalue weighted by atomic mass is 9.31. The number of hydrogen-bond donors (Lipinski definition) is 0. The van der Waals surface area contributed by atoms with Crippen LogP contribution >= 0.6 is 0 Å². The van der Waals surface area contributed by atoms with Crippen LogP contribution in [-0.2, 0) is 14.3 Å². The Bertz CT molecular complexity index is 1120. The first-order valence-electron chi connectivity index (χ1n) is 17.6. The van der Waals surface area contributed by atoms with Crippen molar-refractivity contribution < 1.29 is 14.3 Å². The van der Waals surface area contributed by atoms with Crippen LogP contribution in [0.2, 0.25) is 0 Å². The van der Waals surface area contributed by atoms with Crippen LogP contribution in [0.3, 0.4) is 0 Å². The lowest BCUT2D eigenvalue weighted by Gasteiger charge is -2.73. The molecule has 1 aliphatic heterocycles. The van der Waals surface area contributed by atoms with Crippen LogP contribution in [0.4, 0.5) is 0 Å². The first-order chi connectivity index (χ1) is 18.8. The topological polar surface area (TPSA) is 35.5 Å². The lowest BCUT2D eigenvalue weighted by Crippen LogP contribution is -2.68. The van der Waals surface area contributed by atoms with Crippen LogP contribution in [0.5, 0.6) is 0 Å². The van der Waals surface area contributed by atoms with Crippen LogP contribution in [0, 0.1) is 72.9 Å². The number of ether oxygens (including phenoxy) is 2. The van der Waals surface area contributed by atoms with Crippen LogP contribution in [0.1, 0.15) is 140 Å². The Balaban J connectivity index is 1.16. The van der Waals surface area contributed by atoms with Crippen LogP contribution < -0.4 is 0 Å². The molecule has 6 saturated carbocycles. The maximum Gasteiger partial charge on any atom is 0.310 e. The van der Waals surface area contributed by atoms with Gasteiger partial charge in [-0.3, -0.25) is 4.79 Å². The van der Waals surface area contributed by atoms with E-state index in [4.69, 9.17) is 9.47 Å². The Morgan fingerprint density at radius 2 is 1.34 bits per heavy atom. The highest BCUT2D eigenvalue weighted by Crippen LogP contribution is 2.78. The molecule has 6 aliphatic carbocycles. The van der Waals surface area contributed by atoms with Gasteiger partial charge in [0.25, 0.3) is 0 Å². The van der Waals surface area contributed by atoms with Crippen LogP contribution in [0.25, 0.3) is 0 Å². The van der Waals surface area contributed by atoms with Gasteiger partial charge in [-0.05, 0) is 126 Å². The molecule has 0 aromatic rings. The fourth-order valence-electron chi connectivity index (χ4n) is 14.2. The maximum atomic E-state index is 13.5. The number of carbonyl (C=O) groups excluding carboxylic acids is 1. The predicted octanol–water partition coefficient (Wildman–Crippen LogP) is 9.47. The van der Waals surface area contributed by atoms with Crippen molar-refractivity contribution >= 4 is 5.97 Å². The molecule has 7 fully saturated rings. The molecule has 1 saturated heterocycles. The molecular formula is C38H62O3. The number of hydrogen-bond acceptors (Lipinski definition) is 3. The summed E-state index contributed by atoms with van der Waals surface area (Å²) in [4.78, 5) is 13.5. The Labute approximate surface area is 252 Å². The van der Waals surface area contributed by atoms with Crippen LogP contribution in [-0.4, -0.2) is 24.8 Å². The molecule has 0 unspecified atom stereocenters. The average molecular weight is 567 g/mol. The molecule has 3 nitrogen and oxygen atoms in total. The first kappa shape index (κ1) is 29.2. The van der Waals surface area contributed by atoms with E-state index < -0.39 is 0 Å². The zero-order chi connectivity index (χ0) is 29.8. The van der Waals surface area contributed by atoms with E-state index in [9.17, 15) is 4.79 Å². The molecule has 7 rings (SSSR count). The Hall–Kier alpha value is -0.570. The molecule has 7 aliphatic rings. The molecule has 0 aromatic carbocycles. The smallest absolute Gasteiger partial charge is 0.310 e. The summed E-state index contributed by atoms with van der Waals surface area (Å²) in [7, 11) is 0. The molecule has 0 radical (unpaired) electrons. The third kappa shape index (κ3) is 3.35. The highest BCUT2D eigenvalue weighted by molar-refractivity contribution is 5.79. The van der Waals surface area contributed by atoms with Crippen molar-refractivity contribution in [1.82, 2.24) is 0 Å². The van der Waals surface area contributed by atoms with Gasteiger partial charge in [0.2, 0.25) is 0 Å². The SMILES string of the molecule is CC1(C)CC[C@]23CC[C@]4(C)[C@H](CC[C@@H]5[C@@]6(C)CC[C@H](OC(=O)C7C(C)(C)C7(C)C)C(C)(C)[C@@H]6CC[C@]54C)[C@@H]2[C@H]1OC3. The minimum Gasteiger partial charge on any atom is -0.462 e. The van der Waals surface area contributed by atoms with Crippen molar-refractivity contribution in [2.45, 2.75) is 153 Å². The van der Waals surface area contributed by atoms with Gasteiger partial charge in [0.15, 0.2) is 0 Å². The zero-order valence-corrected chi connectivity index (χ0v) is 28.5. The molecular weight excluding hydrogens is 504 g/mol. The standard InChI is InChI=1S/C38H62O3/c1-31(2)18-20-38-21-19-36(10)23(27(38)29(31)40-22-38)12-13-25-35(9)16-15-26(32(3,4)24(35)14-17-37(25,36)11)41-30(39)28-33(5,6)34(28,7)8/h23-29H,12-22H2,1-11H3/t23-,24+,25-,26+,27-,29-,35+,36-,37-,38-/m1/s1. The van der Waals surface area contributed by atoms with Gasteiger partial charge >= 0.3 is 5.97 Å². The van der Waals surface area contributed by atoms with E-state index in [2.05, 4.69) is 76.2 Å².